The molecule has 0 aliphatic carbocycles. The summed E-state index contributed by atoms with van der Waals surface area (Å²) in [6.07, 6.45) is 7.41. The van der Waals surface area contributed by atoms with Crippen LogP contribution in [-0.2, 0) is 17.9 Å². The van der Waals surface area contributed by atoms with Crippen molar-refractivity contribution in [3.63, 3.8) is 0 Å². The summed E-state index contributed by atoms with van der Waals surface area (Å²) in [6.45, 7) is 1.11. The van der Waals surface area contributed by atoms with Crippen LogP contribution in [-0.4, -0.2) is 25.9 Å². The van der Waals surface area contributed by atoms with Crippen molar-refractivity contribution in [3.8, 4) is 0 Å². The van der Waals surface area contributed by atoms with Gasteiger partial charge in [-0.15, -0.1) is 0 Å². The molecular weight excluding hydrogens is 206 g/mol. The van der Waals surface area contributed by atoms with Crippen LogP contribution in [0.25, 0.3) is 0 Å². The second kappa shape index (κ2) is 5.11. The zero-order valence-electron chi connectivity index (χ0n) is 8.76. The fourth-order valence-electron chi connectivity index (χ4n) is 1.31. The number of hydrogen-bond acceptors (Lipinski definition) is 3. The highest BCUT2D eigenvalue weighted by atomic mass is 16.1. The van der Waals surface area contributed by atoms with Crippen LogP contribution in [0.4, 0.5) is 0 Å². The van der Waals surface area contributed by atoms with Crippen molar-refractivity contribution in [1.29, 1.82) is 0 Å². The Balaban J connectivity index is 1.69. The molecule has 0 aliphatic rings. The molecule has 6 heteroatoms. The van der Waals surface area contributed by atoms with Gasteiger partial charge in [0.1, 0.15) is 0 Å². The van der Waals surface area contributed by atoms with Gasteiger partial charge in [-0.25, -0.2) is 0 Å². The molecule has 2 N–H and O–H groups in total. The maximum absolute atomic E-state index is 11.5. The Kier molecular flexibility index (Phi) is 3.32. The van der Waals surface area contributed by atoms with Gasteiger partial charge in [0, 0.05) is 43.7 Å². The fraction of sp³-hybridized carbons (Fsp3) is 0.300. The first-order valence-corrected chi connectivity index (χ1v) is 5.06. The lowest BCUT2D eigenvalue weighted by Gasteiger charge is -2.03. The summed E-state index contributed by atoms with van der Waals surface area (Å²) >= 11 is 0. The van der Waals surface area contributed by atoms with Gasteiger partial charge in [0.15, 0.2) is 0 Å². The predicted octanol–water partition coefficient (Wildman–Crippen LogP) is 0.313. The van der Waals surface area contributed by atoms with E-state index in [1.165, 1.54) is 0 Å². The number of carbonyl (C=O) groups excluding carboxylic acids is 1. The van der Waals surface area contributed by atoms with Crippen LogP contribution in [0.1, 0.15) is 12.0 Å². The number of nitrogens with one attached hydrogen (secondary N) is 2. The third-order valence-electron chi connectivity index (χ3n) is 2.17. The number of H-pyrrole nitrogens is 1. The van der Waals surface area contributed by atoms with Crippen LogP contribution in [0.5, 0.6) is 0 Å². The van der Waals surface area contributed by atoms with E-state index in [4.69, 9.17) is 0 Å². The Morgan fingerprint density at radius 2 is 2.50 bits per heavy atom. The first-order chi connectivity index (χ1) is 7.84. The quantitative estimate of drug-likeness (QED) is 0.760. The molecule has 1 amide bonds. The van der Waals surface area contributed by atoms with Gasteiger partial charge in [-0.3, -0.25) is 14.6 Å². The number of nitrogens with zero attached hydrogens (tertiary/aromatic N) is 3. The number of rotatable bonds is 5. The van der Waals surface area contributed by atoms with Gasteiger partial charge in [0.2, 0.25) is 5.91 Å². The first kappa shape index (κ1) is 10.4. The Morgan fingerprint density at radius 3 is 3.19 bits per heavy atom. The summed E-state index contributed by atoms with van der Waals surface area (Å²) in [6, 6.07) is 1.84. The number of amides is 1. The molecule has 84 valence electrons. The van der Waals surface area contributed by atoms with Gasteiger partial charge >= 0.3 is 0 Å². The van der Waals surface area contributed by atoms with Crippen LogP contribution >= 0.6 is 0 Å². The van der Waals surface area contributed by atoms with E-state index in [9.17, 15) is 4.79 Å². The normalized spacial score (nSPS) is 10.2. The van der Waals surface area contributed by atoms with E-state index in [0.29, 0.717) is 19.5 Å². The molecule has 2 aromatic heterocycles. The van der Waals surface area contributed by atoms with Gasteiger partial charge in [-0.05, 0) is 6.07 Å². The molecule has 2 aromatic rings. The highest BCUT2D eigenvalue weighted by Crippen LogP contribution is 1.94. The van der Waals surface area contributed by atoms with E-state index in [1.807, 2.05) is 12.3 Å². The zero-order valence-corrected chi connectivity index (χ0v) is 8.76. The first-order valence-electron chi connectivity index (χ1n) is 5.06. The van der Waals surface area contributed by atoms with Gasteiger partial charge in [-0.1, -0.05) is 0 Å². The van der Waals surface area contributed by atoms with E-state index in [0.717, 1.165) is 5.56 Å². The SMILES string of the molecule is O=C(CCn1cccn1)NCc1cn[nH]c1. The summed E-state index contributed by atoms with van der Waals surface area (Å²) in [4.78, 5) is 11.5. The van der Waals surface area contributed by atoms with Crippen LogP contribution in [0.15, 0.2) is 30.9 Å². The Bertz CT molecular complexity index is 380. The van der Waals surface area contributed by atoms with Crippen molar-refractivity contribution >= 4 is 5.91 Å². The average Bonchev–Trinajstić information content (AvgIpc) is 2.96. The third-order valence-corrected chi connectivity index (χ3v) is 2.17. The lowest BCUT2D eigenvalue weighted by Crippen LogP contribution is -2.23. The highest BCUT2D eigenvalue weighted by Gasteiger charge is 2.02. The molecule has 0 spiro atoms. The fourth-order valence-corrected chi connectivity index (χ4v) is 1.31. The van der Waals surface area contributed by atoms with Gasteiger partial charge in [0.05, 0.1) is 6.20 Å². The maximum atomic E-state index is 11.5. The predicted molar refractivity (Wildman–Crippen MR) is 57.3 cm³/mol. The molecule has 16 heavy (non-hydrogen) atoms. The van der Waals surface area contributed by atoms with E-state index >= 15 is 0 Å². The van der Waals surface area contributed by atoms with Crippen molar-refractivity contribution in [1.82, 2.24) is 25.3 Å². The molecule has 0 aromatic carbocycles. The minimum Gasteiger partial charge on any atom is -0.352 e. The second-order valence-electron chi connectivity index (χ2n) is 3.40. The molecular formula is C10H13N5O. The monoisotopic (exact) mass is 219 g/mol. The second-order valence-corrected chi connectivity index (χ2v) is 3.40. The molecule has 0 radical (unpaired) electrons. The molecule has 6 nitrogen and oxygen atoms in total. The van der Waals surface area contributed by atoms with Crippen molar-refractivity contribution in [3.05, 3.63) is 36.4 Å². The van der Waals surface area contributed by atoms with Crippen molar-refractivity contribution in [2.24, 2.45) is 0 Å². The Morgan fingerprint density at radius 1 is 1.56 bits per heavy atom. The number of carbonyl (C=O) groups is 1. The Labute approximate surface area is 92.7 Å². The zero-order chi connectivity index (χ0) is 11.2. The molecule has 0 aliphatic heterocycles. The smallest absolute Gasteiger partial charge is 0.222 e. The number of aryl methyl sites for hydroxylation is 1. The van der Waals surface area contributed by atoms with E-state index in [-0.39, 0.29) is 5.91 Å². The molecule has 0 bridgehead atoms. The van der Waals surface area contributed by atoms with Crippen molar-refractivity contribution in [2.45, 2.75) is 19.5 Å². The minimum absolute atomic E-state index is 0.0108. The number of aromatic nitrogens is 4. The average molecular weight is 219 g/mol. The standard InChI is InChI=1S/C10H13N5O/c16-10(2-5-15-4-1-3-14-15)11-6-9-7-12-13-8-9/h1,3-4,7-8H,2,5-6H2,(H,11,16)(H,12,13). The molecule has 0 unspecified atom stereocenters. The third kappa shape index (κ3) is 2.94. The summed E-state index contributed by atoms with van der Waals surface area (Å²) in [5.41, 5.74) is 0.965. The van der Waals surface area contributed by atoms with Gasteiger partial charge in [-0.2, -0.15) is 10.2 Å². The number of hydrogen-bond donors (Lipinski definition) is 2. The lowest BCUT2D eigenvalue weighted by atomic mass is 10.3. The highest BCUT2D eigenvalue weighted by molar-refractivity contribution is 5.75. The van der Waals surface area contributed by atoms with Crippen LogP contribution < -0.4 is 5.32 Å². The molecule has 0 atom stereocenters. The Hall–Kier alpha value is -2.11. The van der Waals surface area contributed by atoms with Crippen LogP contribution in [0, 0.1) is 0 Å². The topological polar surface area (TPSA) is 75.6 Å². The molecule has 0 saturated carbocycles. The summed E-state index contributed by atoms with van der Waals surface area (Å²) in [7, 11) is 0. The molecule has 0 fully saturated rings. The van der Waals surface area contributed by atoms with E-state index in [2.05, 4.69) is 20.6 Å². The maximum Gasteiger partial charge on any atom is 0.222 e. The van der Waals surface area contributed by atoms with Crippen LogP contribution in [0.3, 0.4) is 0 Å². The lowest BCUT2D eigenvalue weighted by molar-refractivity contribution is -0.121. The number of aromatic amines is 1. The van der Waals surface area contributed by atoms with Crippen molar-refractivity contribution in [2.75, 3.05) is 0 Å². The molecule has 2 rings (SSSR count). The molecule has 2 heterocycles. The summed E-state index contributed by atoms with van der Waals surface area (Å²) in [5, 5.41) is 13.3. The largest absolute Gasteiger partial charge is 0.352 e. The summed E-state index contributed by atoms with van der Waals surface area (Å²) < 4.78 is 1.73. The van der Waals surface area contributed by atoms with E-state index < -0.39 is 0 Å². The van der Waals surface area contributed by atoms with Crippen LogP contribution in [0.2, 0.25) is 0 Å². The van der Waals surface area contributed by atoms with E-state index in [1.54, 1.807) is 23.3 Å². The minimum atomic E-state index is 0.0108. The van der Waals surface area contributed by atoms with Gasteiger partial charge < -0.3 is 5.32 Å². The van der Waals surface area contributed by atoms with Crippen molar-refractivity contribution < 1.29 is 4.79 Å². The van der Waals surface area contributed by atoms with Gasteiger partial charge in [0.25, 0.3) is 0 Å². The summed E-state index contributed by atoms with van der Waals surface area (Å²) in [5.74, 6) is 0.0108. The molecule has 0 saturated heterocycles.